The molecule has 4 aliphatic rings. The molecular formula is C39H60O5. The smallest absolute Gasteiger partial charge is 0.306 e. The van der Waals surface area contributed by atoms with Crippen molar-refractivity contribution in [2.24, 2.45) is 34.5 Å². The van der Waals surface area contributed by atoms with Crippen LogP contribution in [0.3, 0.4) is 0 Å². The molecule has 0 radical (unpaired) electrons. The first-order valence-electron chi connectivity index (χ1n) is 18.2. The van der Waals surface area contributed by atoms with Gasteiger partial charge in [0.15, 0.2) is 11.6 Å². The van der Waals surface area contributed by atoms with Gasteiger partial charge in [-0.15, -0.1) is 0 Å². The molecular weight excluding hydrogens is 548 g/mol. The molecule has 4 rings (SSSR count). The van der Waals surface area contributed by atoms with E-state index in [4.69, 9.17) is 4.74 Å². The third-order valence-corrected chi connectivity index (χ3v) is 11.9. The van der Waals surface area contributed by atoms with Crippen molar-refractivity contribution in [3.63, 3.8) is 0 Å². The van der Waals surface area contributed by atoms with Crippen LogP contribution in [0.4, 0.5) is 0 Å². The van der Waals surface area contributed by atoms with Gasteiger partial charge in [0.1, 0.15) is 6.61 Å². The Hall–Kier alpha value is -2.01. The van der Waals surface area contributed by atoms with Crippen LogP contribution >= 0.6 is 0 Å². The number of Topliss-reactive ketones (excluding diaryl/α,β-unsaturated/α-hetero) is 1. The molecule has 0 bridgehead atoms. The maximum absolute atomic E-state index is 13.4. The molecule has 3 saturated carbocycles. The van der Waals surface area contributed by atoms with Crippen LogP contribution in [0.25, 0.3) is 0 Å². The van der Waals surface area contributed by atoms with Gasteiger partial charge in [0.05, 0.1) is 6.10 Å². The Morgan fingerprint density at radius 1 is 0.932 bits per heavy atom. The fourth-order valence-corrected chi connectivity index (χ4v) is 9.52. The Labute approximate surface area is 267 Å². The molecule has 0 aromatic carbocycles. The van der Waals surface area contributed by atoms with E-state index >= 15 is 0 Å². The molecule has 0 saturated heterocycles. The van der Waals surface area contributed by atoms with Gasteiger partial charge in [-0.25, -0.2) is 0 Å². The van der Waals surface area contributed by atoms with Crippen molar-refractivity contribution < 1.29 is 24.2 Å². The summed E-state index contributed by atoms with van der Waals surface area (Å²) in [6.45, 7) is 6.48. The second-order valence-corrected chi connectivity index (χ2v) is 14.9. The Morgan fingerprint density at radius 2 is 1.59 bits per heavy atom. The zero-order valence-corrected chi connectivity index (χ0v) is 28.0. The topological polar surface area (TPSA) is 80.7 Å². The standard InChI is InChI=1S/C39H60O5/c1-4-5-6-7-8-9-10-11-12-13-14-15-16-17-18-19-36(43)44-28-35(42)33-23-22-32-31-21-20-29-26-30(40)24-25-38(29,2)37(31)34(41)27-39(32,33)3/h11-12,24-26,31-34,37,41H,4-10,13-23,27-28H2,1-3H3/b12-11+. The molecule has 1 N–H and O–H groups in total. The highest BCUT2D eigenvalue weighted by molar-refractivity contribution is 6.01. The summed E-state index contributed by atoms with van der Waals surface area (Å²) in [5.74, 6) is 0.379. The van der Waals surface area contributed by atoms with E-state index in [1.54, 1.807) is 12.2 Å². The lowest BCUT2D eigenvalue weighted by atomic mass is 9.46. The van der Waals surface area contributed by atoms with E-state index < -0.39 is 6.10 Å². The molecule has 0 aromatic heterocycles. The third-order valence-electron chi connectivity index (χ3n) is 11.9. The van der Waals surface area contributed by atoms with Crippen LogP contribution < -0.4 is 0 Å². The molecule has 4 aliphatic carbocycles. The zero-order chi connectivity index (χ0) is 31.6. The van der Waals surface area contributed by atoms with Gasteiger partial charge >= 0.3 is 5.97 Å². The van der Waals surface area contributed by atoms with Crippen molar-refractivity contribution >= 4 is 17.5 Å². The van der Waals surface area contributed by atoms with E-state index in [9.17, 15) is 19.5 Å². The fraction of sp³-hybridized carbons (Fsp3) is 0.769. The van der Waals surface area contributed by atoms with Gasteiger partial charge in [-0.05, 0) is 93.6 Å². The number of fused-ring (bicyclic) bond motifs is 5. The van der Waals surface area contributed by atoms with Crippen molar-refractivity contribution in [2.45, 2.75) is 149 Å². The number of unbranched alkanes of at least 4 members (excludes halogenated alkanes) is 11. The van der Waals surface area contributed by atoms with E-state index in [1.807, 2.05) is 6.08 Å². The van der Waals surface area contributed by atoms with E-state index in [2.05, 4.69) is 32.9 Å². The van der Waals surface area contributed by atoms with Crippen LogP contribution in [0.1, 0.15) is 143 Å². The summed E-state index contributed by atoms with van der Waals surface area (Å²) >= 11 is 0. The summed E-state index contributed by atoms with van der Waals surface area (Å²) in [6.07, 6.45) is 30.0. The predicted octanol–water partition coefficient (Wildman–Crippen LogP) is 9.03. The van der Waals surface area contributed by atoms with Crippen LogP contribution in [0.2, 0.25) is 0 Å². The number of ether oxygens (including phenoxy) is 1. The average molecular weight is 609 g/mol. The lowest BCUT2D eigenvalue weighted by Gasteiger charge is -2.58. The minimum Gasteiger partial charge on any atom is -0.458 e. The molecule has 0 aliphatic heterocycles. The van der Waals surface area contributed by atoms with Crippen LogP contribution in [0.5, 0.6) is 0 Å². The third kappa shape index (κ3) is 8.42. The number of carbonyl (C=O) groups is 3. The monoisotopic (exact) mass is 608 g/mol. The van der Waals surface area contributed by atoms with Gasteiger partial charge in [-0.2, -0.15) is 0 Å². The molecule has 0 amide bonds. The molecule has 0 heterocycles. The van der Waals surface area contributed by atoms with Gasteiger partial charge < -0.3 is 9.84 Å². The number of hydrogen-bond acceptors (Lipinski definition) is 5. The lowest BCUT2D eigenvalue weighted by molar-refractivity contribution is -0.153. The number of hydrogen-bond donors (Lipinski definition) is 1. The van der Waals surface area contributed by atoms with E-state index in [-0.39, 0.29) is 46.8 Å². The highest BCUT2D eigenvalue weighted by Crippen LogP contribution is 2.66. The molecule has 246 valence electrons. The molecule has 3 fully saturated rings. The molecule has 0 spiro atoms. The normalized spacial score (nSPS) is 32.7. The van der Waals surface area contributed by atoms with Gasteiger partial charge in [0.2, 0.25) is 0 Å². The first-order valence-corrected chi connectivity index (χ1v) is 18.2. The predicted molar refractivity (Wildman–Crippen MR) is 177 cm³/mol. The average Bonchev–Trinajstić information content (AvgIpc) is 3.34. The summed E-state index contributed by atoms with van der Waals surface area (Å²) in [5.41, 5.74) is 0.580. The van der Waals surface area contributed by atoms with Crippen molar-refractivity contribution in [3.8, 4) is 0 Å². The zero-order valence-electron chi connectivity index (χ0n) is 28.0. The number of ketones is 2. The second kappa shape index (κ2) is 16.5. The van der Waals surface area contributed by atoms with Gasteiger partial charge in [0.25, 0.3) is 0 Å². The molecule has 7 atom stereocenters. The number of aliphatic hydroxyl groups excluding tert-OH is 1. The van der Waals surface area contributed by atoms with Crippen LogP contribution in [-0.4, -0.2) is 35.4 Å². The minimum absolute atomic E-state index is 0.0179. The first-order chi connectivity index (χ1) is 21.2. The molecule has 5 nitrogen and oxygen atoms in total. The molecule has 0 aromatic rings. The van der Waals surface area contributed by atoms with Gasteiger partial charge in [-0.1, -0.05) is 95.9 Å². The highest BCUT2D eigenvalue weighted by Gasteiger charge is 2.62. The van der Waals surface area contributed by atoms with Crippen LogP contribution in [-0.2, 0) is 19.1 Å². The summed E-state index contributed by atoms with van der Waals surface area (Å²) in [7, 11) is 0. The van der Waals surface area contributed by atoms with Crippen LogP contribution in [0.15, 0.2) is 36.0 Å². The van der Waals surface area contributed by atoms with Gasteiger partial charge in [-0.3, -0.25) is 14.4 Å². The summed E-state index contributed by atoms with van der Waals surface area (Å²) in [6, 6.07) is 0. The Balaban J connectivity index is 1.11. The quantitative estimate of drug-likeness (QED) is 0.0954. The van der Waals surface area contributed by atoms with Crippen molar-refractivity contribution in [2.75, 3.05) is 6.61 Å². The number of rotatable bonds is 18. The molecule has 5 heteroatoms. The maximum atomic E-state index is 13.4. The Morgan fingerprint density at radius 3 is 2.30 bits per heavy atom. The first kappa shape index (κ1) is 34.9. The molecule has 7 unspecified atom stereocenters. The molecule has 44 heavy (non-hydrogen) atoms. The number of aliphatic hydroxyl groups is 1. The maximum Gasteiger partial charge on any atom is 0.306 e. The lowest BCUT2D eigenvalue weighted by Crippen LogP contribution is -2.56. The number of carbonyl (C=O) groups excluding carboxylic acids is 3. The van der Waals surface area contributed by atoms with Crippen LogP contribution in [0, 0.1) is 34.5 Å². The van der Waals surface area contributed by atoms with Crippen molar-refractivity contribution in [1.82, 2.24) is 0 Å². The Bertz CT molecular complexity index is 1070. The van der Waals surface area contributed by atoms with E-state index in [1.165, 1.54) is 57.8 Å². The second-order valence-electron chi connectivity index (χ2n) is 14.9. The largest absolute Gasteiger partial charge is 0.458 e. The fourth-order valence-electron chi connectivity index (χ4n) is 9.52. The van der Waals surface area contributed by atoms with E-state index in [0.717, 1.165) is 56.9 Å². The summed E-state index contributed by atoms with van der Waals surface area (Å²) in [5, 5.41) is 11.5. The minimum atomic E-state index is -0.523. The highest BCUT2D eigenvalue weighted by atomic mass is 16.5. The Kier molecular flexibility index (Phi) is 13.1. The van der Waals surface area contributed by atoms with Crippen molar-refractivity contribution in [1.29, 1.82) is 0 Å². The number of allylic oxidation sites excluding steroid dienone is 6. The number of esters is 1. The SMILES string of the molecule is CCCCCCCC/C=C/CCCCCCCC(=O)OCC(=O)C1CCC2C3CCC4=CC(=O)C=CC4(C)C3C(O)CC12C. The van der Waals surface area contributed by atoms with Gasteiger partial charge in [0, 0.05) is 23.7 Å². The summed E-state index contributed by atoms with van der Waals surface area (Å²) in [4.78, 5) is 37.9. The van der Waals surface area contributed by atoms with Crippen molar-refractivity contribution in [3.05, 3.63) is 36.0 Å². The summed E-state index contributed by atoms with van der Waals surface area (Å²) < 4.78 is 5.48. The van der Waals surface area contributed by atoms with E-state index in [0.29, 0.717) is 24.7 Å².